The smallest absolute Gasteiger partial charge is 0.258 e. The molecule has 132 valence electrons. The minimum absolute atomic E-state index is 0. The maximum atomic E-state index is 5.49. The lowest BCUT2D eigenvalue weighted by Gasteiger charge is -2.30. The van der Waals surface area contributed by atoms with Crippen LogP contribution in [0.2, 0.25) is 0 Å². The van der Waals surface area contributed by atoms with Crippen molar-refractivity contribution >= 4 is 12.4 Å². The highest BCUT2D eigenvalue weighted by Gasteiger charge is 2.26. The van der Waals surface area contributed by atoms with Crippen LogP contribution in [0, 0.1) is 6.92 Å². The highest BCUT2D eigenvalue weighted by molar-refractivity contribution is 5.85. The van der Waals surface area contributed by atoms with Crippen LogP contribution in [0.3, 0.4) is 0 Å². The summed E-state index contributed by atoms with van der Waals surface area (Å²) in [4.78, 5) is 6.82. The molecule has 7 nitrogen and oxygen atoms in total. The first-order valence-corrected chi connectivity index (χ1v) is 7.61. The van der Waals surface area contributed by atoms with Crippen LogP contribution in [0.1, 0.15) is 17.4 Å². The van der Waals surface area contributed by atoms with Gasteiger partial charge >= 0.3 is 0 Å². The van der Waals surface area contributed by atoms with E-state index in [9.17, 15) is 0 Å². The van der Waals surface area contributed by atoms with Gasteiger partial charge in [-0.25, -0.2) is 0 Å². The van der Waals surface area contributed by atoms with Crippen molar-refractivity contribution in [1.29, 1.82) is 0 Å². The number of ether oxygens (including phenoxy) is 2. The normalized spacial score (nSPS) is 18.1. The number of methoxy groups -OCH3 is 2. The summed E-state index contributed by atoms with van der Waals surface area (Å²) in [6, 6.07) is 3.90. The molecule has 2 heterocycles. The van der Waals surface area contributed by atoms with Gasteiger partial charge in [0, 0.05) is 25.2 Å². The quantitative estimate of drug-likeness (QED) is 0.900. The summed E-state index contributed by atoms with van der Waals surface area (Å²) >= 11 is 0. The van der Waals surface area contributed by atoms with Gasteiger partial charge in [-0.15, -0.1) is 12.4 Å². The molecule has 3 rings (SSSR count). The number of benzene rings is 1. The van der Waals surface area contributed by atoms with E-state index in [1.165, 1.54) is 0 Å². The number of piperazine rings is 1. The zero-order chi connectivity index (χ0) is 16.4. The largest absolute Gasteiger partial charge is 0.493 e. The number of aromatic nitrogens is 2. The summed E-state index contributed by atoms with van der Waals surface area (Å²) in [5.74, 6) is 2.52. The van der Waals surface area contributed by atoms with Crippen molar-refractivity contribution in [3.05, 3.63) is 23.5 Å². The number of halogens is 1. The van der Waals surface area contributed by atoms with Gasteiger partial charge in [-0.1, -0.05) is 5.16 Å². The third-order valence-corrected chi connectivity index (χ3v) is 4.21. The predicted molar refractivity (Wildman–Crippen MR) is 93.1 cm³/mol. The Morgan fingerprint density at radius 3 is 2.62 bits per heavy atom. The van der Waals surface area contributed by atoms with Crippen molar-refractivity contribution in [2.24, 2.45) is 0 Å². The van der Waals surface area contributed by atoms with Crippen LogP contribution in [0.4, 0.5) is 0 Å². The first-order valence-electron chi connectivity index (χ1n) is 7.61. The average molecular weight is 355 g/mol. The molecule has 0 bridgehead atoms. The number of aryl methyl sites for hydroxylation is 1. The molecule has 0 saturated carbocycles. The van der Waals surface area contributed by atoms with Crippen molar-refractivity contribution in [3.8, 4) is 23.0 Å². The zero-order valence-corrected chi connectivity index (χ0v) is 15.1. The first kappa shape index (κ1) is 18.5. The summed E-state index contributed by atoms with van der Waals surface area (Å²) in [6.07, 6.45) is 0. The van der Waals surface area contributed by atoms with Crippen LogP contribution in [0.5, 0.6) is 11.5 Å². The van der Waals surface area contributed by atoms with Gasteiger partial charge in [0.25, 0.3) is 5.89 Å². The molecular formula is C16H23ClN4O3. The van der Waals surface area contributed by atoms with Crippen LogP contribution in [0.15, 0.2) is 16.7 Å². The molecular weight excluding hydrogens is 332 g/mol. The lowest BCUT2D eigenvalue weighted by atomic mass is 10.1. The second-order valence-electron chi connectivity index (χ2n) is 5.68. The number of hydrogen-bond donors (Lipinski definition) is 1. The molecule has 1 atom stereocenters. The second-order valence-corrected chi connectivity index (χ2v) is 5.68. The van der Waals surface area contributed by atoms with E-state index in [0.717, 1.165) is 30.8 Å². The van der Waals surface area contributed by atoms with Crippen molar-refractivity contribution in [3.63, 3.8) is 0 Å². The zero-order valence-electron chi connectivity index (χ0n) is 14.3. The Bertz CT molecular complexity index is 692. The average Bonchev–Trinajstić information content (AvgIpc) is 3.04. The van der Waals surface area contributed by atoms with Gasteiger partial charge in [0.2, 0.25) is 0 Å². The summed E-state index contributed by atoms with van der Waals surface area (Å²) in [5, 5.41) is 7.52. The molecule has 1 unspecified atom stereocenters. The Morgan fingerprint density at radius 1 is 1.25 bits per heavy atom. The van der Waals surface area contributed by atoms with Gasteiger partial charge < -0.3 is 19.3 Å². The molecule has 0 spiro atoms. The van der Waals surface area contributed by atoms with Crippen molar-refractivity contribution in [2.45, 2.75) is 13.0 Å². The summed E-state index contributed by atoms with van der Waals surface area (Å²) in [7, 11) is 5.30. The molecule has 0 aliphatic carbocycles. The fourth-order valence-corrected chi connectivity index (χ4v) is 2.78. The number of hydrogen-bond acceptors (Lipinski definition) is 7. The van der Waals surface area contributed by atoms with Crippen LogP contribution in [-0.2, 0) is 0 Å². The minimum atomic E-state index is 0. The molecule has 0 radical (unpaired) electrons. The van der Waals surface area contributed by atoms with E-state index in [1.54, 1.807) is 14.2 Å². The summed E-state index contributed by atoms with van der Waals surface area (Å²) < 4.78 is 16.2. The van der Waals surface area contributed by atoms with E-state index in [-0.39, 0.29) is 18.4 Å². The second kappa shape index (κ2) is 7.83. The van der Waals surface area contributed by atoms with Gasteiger partial charge in [-0.2, -0.15) is 4.98 Å². The summed E-state index contributed by atoms with van der Waals surface area (Å²) in [5.41, 5.74) is 1.85. The number of nitrogens with one attached hydrogen (secondary N) is 1. The van der Waals surface area contributed by atoms with E-state index in [2.05, 4.69) is 27.4 Å². The maximum Gasteiger partial charge on any atom is 0.258 e. The Hall–Kier alpha value is -1.83. The predicted octanol–water partition coefficient (Wildman–Crippen LogP) is 2.06. The van der Waals surface area contributed by atoms with Crippen molar-refractivity contribution in [2.75, 3.05) is 40.9 Å². The molecule has 0 amide bonds. The van der Waals surface area contributed by atoms with Crippen LogP contribution >= 0.6 is 12.4 Å². The Kier molecular flexibility index (Phi) is 6.04. The van der Waals surface area contributed by atoms with E-state index in [0.29, 0.717) is 23.2 Å². The Balaban J connectivity index is 0.00000208. The van der Waals surface area contributed by atoms with Crippen molar-refractivity contribution < 1.29 is 14.0 Å². The molecule has 2 aromatic rings. The highest BCUT2D eigenvalue weighted by atomic mass is 35.5. The lowest BCUT2D eigenvalue weighted by Crippen LogP contribution is -2.44. The Morgan fingerprint density at radius 2 is 1.96 bits per heavy atom. The fraction of sp³-hybridized carbons (Fsp3) is 0.500. The molecule has 1 N–H and O–H groups in total. The standard InChI is InChI=1S/C16H22N4O3.ClH/c1-10-7-13(21-3)14(22-4)8-11(10)16-18-15(19-23-16)12-9-17-5-6-20(12)2;/h7-8,12,17H,5-6,9H2,1-4H3;1H. The first-order chi connectivity index (χ1) is 11.1. The van der Waals surface area contributed by atoms with Crippen LogP contribution in [0.25, 0.3) is 11.5 Å². The molecule has 1 aromatic heterocycles. The van der Waals surface area contributed by atoms with Crippen molar-refractivity contribution in [1.82, 2.24) is 20.4 Å². The van der Waals surface area contributed by atoms with Gasteiger partial charge in [-0.3, -0.25) is 4.90 Å². The molecule has 1 aliphatic heterocycles. The van der Waals surface area contributed by atoms with E-state index >= 15 is 0 Å². The molecule has 1 saturated heterocycles. The van der Waals surface area contributed by atoms with Crippen LogP contribution in [-0.4, -0.2) is 55.9 Å². The molecule has 1 aliphatic rings. The number of likely N-dealkylation sites (N-methyl/N-ethyl adjacent to an activating group) is 1. The van der Waals surface area contributed by atoms with E-state index in [1.807, 2.05) is 19.1 Å². The van der Waals surface area contributed by atoms with Crippen LogP contribution < -0.4 is 14.8 Å². The third kappa shape index (κ3) is 3.48. The monoisotopic (exact) mass is 354 g/mol. The third-order valence-electron chi connectivity index (χ3n) is 4.21. The minimum Gasteiger partial charge on any atom is -0.493 e. The van der Waals surface area contributed by atoms with Gasteiger partial charge in [0.1, 0.15) is 0 Å². The number of rotatable bonds is 4. The topological polar surface area (TPSA) is 72.7 Å². The molecule has 8 heteroatoms. The SMILES string of the molecule is COc1cc(C)c(-c2nc(C3CNCCN3C)no2)cc1OC.Cl. The van der Waals surface area contributed by atoms with Gasteiger partial charge in [-0.05, 0) is 31.7 Å². The molecule has 24 heavy (non-hydrogen) atoms. The van der Waals surface area contributed by atoms with E-state index in [4.69, 9.17) is 14.0 Å². The van der Waals surface area contributed by atoms with E-state index < -0.39 is 0 Å². The maximum absolute atomic E-state index is 5.49. The number of nitrogens with zero attached hydrogens (tertiary/aromatic N) is 3. The molecule has 1 aromatic carbocycles. The fourth-order valence-electron chi connectivity index (χ4n) is 2.78. The highest BCUT2D eigenvalue weighted by Crippen LogP contribution is 2.35. The Labute approximate surface area is 147 Å². The summed E-state index contributed by atoms with van der Waals surface area (Å²) in [6.45, 7) is 4.74. The molecule has 1 fully saturated rings. The van der Waals surface area contributed by atoms with Gasteiger partial charge in [0.05, 0.1) is 20.3 Å². The lowest BCUT2D eigenvalue weighted by molar-refractivity contribution is 0.190. The van der Waals surface area contributed by atoms with Gasteiger partial charge in [0.15, 0.2) is 17.3 Å².